The van der Waals surface area contributed by atoms with E-state index in [1.165, 1.54) is 48.2 Å². The summed E-state index contributed by atoms with van der Waals surface area (Å²) in [5.74, 6) is -2.01. The van der Waals surface area contributed by atoms with Gasteiger partial charge in [0.25, 0.3) is 11.6 Å². The van der Waals surface area contributed by atoms with E-state index < -0.39 is 22.0 Å². The molecular weight excluding hydrogens is 458 g/mol. The lowest BCUT2D eigenvalue weighted by Gasteiger charge is -2.15. The van der Waals surface area contributed by atoms with Gasteiger partial charge in [0.15, 0.2) is 0 Å². The predicted molar refractivity (Wildman–Crippen MR) is 129 cm³/mol. The number of carbonyl (C=O) groups is 3. The number of nitrogens with one attached hydrogen (secondary N) is 2. The van der Waals surface area contributed by atoms with E-state index in [1.54, 1.807) is 36.4 Å². The van der Waals surface area contributed by atoms with Crippen molar-refractivity contribution in [3.8, 4) is 0 Å². The zero-order valence-corrected chi connectivity index (χ0v) is 18.9. The number of thioether (sulfide) groups is 1. The van der Waals surface area contributed by atoms with Gasteiger partial charge in [0.05, 0.1) is 21.3 Å². The van der Waals surface area contributed by atoms with Crippen molar-refractivity contribution in [3.63, 3.8) is 0 Å². The van der Waals surface area contributed by atoms with Crippen molar-refractivity contribution in [1.29, 1.82) is 0 Å². The van der Waals surface area contributed by atoms with Crippen LogP contribution in [0.25, 0.3) is 0 Å². The molecule has 9 nitrogen and oxygen atoms in total. The molecule has 0 aromatic heterocycles. The molecule has 0 bridgehead atoms. The fourth-order valence-corrected chi connectivity index (χ4v) is 4.10. The lowest BCUT2D eigenvalue weighted by molar-refractivity contribution is -0.384. The number of carboxylic acid groups (broad SMARTS) is 1. The molecule has 34 heavy (non-hydrogen) atoms. The Morgan fingerprint density at radius 3 is 2.24 bits per heavy atom. The van der Waals surface area contributed by atoms with Crippen LogP contribution in [0.1, 0.15) is 34.1 Å². The Bertz CT molecular complexity index is 1230. The van der Waals surface area contributed by atoms with Crippen LogP contribution in [0.3, 0.4) is 0 Å². The Hall–Kier alpha value is -4.18. The van der Waals surface area contributed by atoms with E-state index in [9.17, 15) is 29.6 Å². The number of benzene rings is 3. The fourth-order valence-electron chi connectivity index (χ4n) is 3.09. The molecule has 2 amide bonds. The molecule has 1 atom stereocenters. The summed E-state index contributed by atoms with van der Waals surface area (Å²) >= 11 is 1.30. The smallest absolute Gasteiger partial charge is 0.336 e. The maximum Gasteiger partial charge on any atom is 0.336 e. The molecule has 0 aliphatic heterocycles. The summed E-state index contributed by atoms with van der Waals surface area (Å²) < 4.78 is 0. The molecule has 0 heterocycles. The van der Waals surface area contributed by atoms with Crippen LogP contribution in [-0.2, 0) is 4.79 Å². The van der Waals surface area contributed by atoms with Crippen molar-refractivity contribution in [2.24, 2.45) is 0 Å². The van der Waals surface area contributed by atoms with Crippen LogP contribution >= 0.6 is 11.8 Å². The number of hydrogen-bond acceptors (Lipinski definition) is 6. The molecule has 3 N–H and O–H groups in total. The Morgan fingerprint density at radius 2 is 1.62 bits per heavy atom. The summed E-state index contributed by atoms with van der Waals surface area (Å²) in [7, 11) is 0. The van der Waals surface area contributed by atoms with Crippen molar-refractivity contribution in [1.82, 2.24) is 0 Å². The van der Waals surface area contributed by atoms with E-state index in [-0.39, 0.29) is 22.7 Å². The quantitative estimate of drug-likeness (QED) is 0.222. The molecule has 174 valence electrons. The highest BCUT2D eigenvalue weighted by atomic mass is 32.2. The van der Waals surface area contributed by atoms with E-state index in [0.717, 1.165) is 4.90 Å². The Balaban J connectivity index is 1.68. The van der Waals surface area contributed by atoms with Gasteiger partial charge < -0.3 is 15.7 Å². The first-order valence-corrected chi connectivity index (χ1v) is 11.1. The molecule has 1 unspecified atom stereocenters. The zero-order chi connectivity index (χ0) is 24.7. The van der Waals surface area contributed by atoms with E-state index in [4.69, 9.17) is 0 Å². The predicted octanol–water partition coefficient (Wildman–Crippen LogP) is 5.05. The number of rotatable bonds is 9. The first kappa shape index (κ1) is 24.5. The van der Waals surface area contributed by atoms with Crippen LogP contribution in [-0.4, -0.2) is 33.1 Å². The normalized spacial score (nSPS) is 11.3. The maximum absolute atomic E-state index is 12.7. The summed E-state index contributed by atoms with van der Waals surface area (Å²) in [5, 5.41) is 25.1. The SMILES string of the molecule is CCC(Sc1cccc(NC(=O)c2ccccc2C(=O)O)c1)C(=O)Nc1ccc([N+](=O)[O-])cc1. The second kappa shape index (κ2) is 11.1. The number of non-ortho nitro benzene ring substituents is 1. The molecular formula is C24H21N3O6S. The van der Waals surface area contributed by atoms with Crippen LogP contribution in [0, 0.1) is 10.1 Å². The van der Waals surface area contributed by atoms with E-state index in [2.05, 4.69) is 10.6 Å². The number of hydrogen-bond donors (Lipinski definition) is 3. The number of nitro benzene ring substituents is 1. The van der Waals surface area contributed by atoms with E-state index in [0.29, 0.717) is 17.8 Å². The lowest BCUT2D eigenvalue weighted by Crippen LogP contribution is -2.24. The molecule has 0 fully saturated rings. The van der Waals surface area contributed by atoms with E-state index in [1.807, 2.05) is 6.92 Å². The fraction of sp³-hybridized carbons (Fsp3) is 0.125. The molecule has 0 aliphatic carbocycles. The van der Waals surface area contributed by atoms with Gasteiger partial charge in [-0.15, -0.1) is 11.8 Å². The van der Waals surface area contributed by atoms with Crippen LogP contribution in [0.4, 0.5) is 17.1 Å². The number of aromatic carboxylic acids is 1. The van der Waals surface area contributed by atoms with Crippen molar-refractivity contribution >= 4 is 46.6 Å². The van der Waals surface area contributed by atoms with Gasteiger partial charge in [0.2, 0.25) is 5.91 Å². The number of carbonyl (C=O) groups excluding carboxylic acids is 2. The van der Waals surface area contributed by atoms with Gasteiger partial charge in [-0.3, -0.25) is 19.7 Å². The monoisotopic (exact) mass is 479 g/mol. The van der Waals surface area contributed by atoms with Crippen LogP contribution in [0.15, 0.2) is 77.7 Å². The average Bonchev–Trinajstić information content (AvgIpc) is 2.83. The highest BCUT2D eigenvalue weighted by Crippen LogP contribution is 2.29. The first-order chi connectivity index (χ1) is 16.3. The van der Waals surface area contributed by atoms with Crippen molar-refractivity contribution in [2.45, 2.75) is 23.5 Å². The zero-order valence-electron chi connectivity index (χ0n) is 18.1. The Morgan fingerprint density at radius 1 is 0.941 bits per heavy atom. The van der Waals surface area contributed by atoms with Gasteiger partial charge in [-0.25, -0.2) is 4.79 Å². The number of nitrogens with zero attached hydrogens (tertiary/aromatic N) is 1. The summed E-state index contributed by atoms with van der Waals surface area (Å²) in [4.78, 5) is 47.7. The molecule has 10 heteroatoms. The molecule has 3 aromatic carbocycles. The minimum Gasteiger partial charge on any atom is -0.478 e. The number of amides is 2. The summed E-state index contributed by atoms with van der Waals surface area (Å²) in [6, 6.07) is 18.4. The topological polar surface area (TPSA) is 139 Å². The third kappa shape index (κ3) is 6.20. The molecule has 0 radical (unpaired) electrons. The number of carboxylic acids is 1. The van der Waals surface area contributed by atoms with Gasteiger partial charge >= 0.3 is 5.97 Å². The standard InChI is InChI=1S/C24H21N3O6S/c1-2-21(23(29)25-15-10-12-17(13-11-15)27(32)33)34-18-7-5-6-16(14-18)26-22(28)19-8-3-4-9-20(19)24(30)31/h3-14,21H,2H2,1H3,(H,25,29)(H,26,28)(H,30,31). The summed E-state index contributed by atoms with van der Waals surface area (Å²) in [6.45, 7) is 1.86. The number of anilines is 2. The van der Waals surface area contributed by atoms with Gasteiger partial charge in [0, 0.05) is 28.4 Å². The van der Waals surface area contributed by atoms with Crippen LogP contribution in [0.5, 0.6) is 0 Å². The molecule has 3 rings (SSSR count). The van der Waals surface area contributed by atoms with Crippen LogP contribution < -0.4 is 10.6 Å². The van der Waals surface area contributed by atoms with Crippen molar-refractivity contribution in [2.75, 3.05) is 10.6 Å². The summed E-state index contributed by atoms with van der Waals surface area (Å²) in [6.07, 6.45) is 0.520. The van der Waals surface area contributed by atoms with Gasteiger partial charge in [-0.1, -0.05) is 25.1 Å². The minimum absolute atomic E-state index is 0.0435. The number of nitro groups is 1. The first-order valence-electron chi connectivity index (χ1n) is 10.2. The average molecular weight is 480 g/mol. The molecule has 0 saturated carbocycles. The maximum atomic E-state index is 12.7. The lowest BCUT2D eigenvalue weighted by atomic mass is 10.1. The molecule has 0 aliphatic rings. The van der Waals surface area contributed by atoms with Crippen molar-refractivity contribution < 1.29 is 24.4 Å². The highest BCUT2D eigenvalue weighted by Gasteiger charge is 2.20. The largest absolute Gasteiger partial charge is 0.478 e. The second-order valence-electron chi connectivity index (χ2n) is 7.14. The van der Waals surface area contributed by atoms with Crippen LogP contribution in [0.2, 0.25) is 0 Å². The third-order valence-corrected chi connectivity index (χ3v) is 6.14. The van der Waals surface area contributed by atoms with Gasteiger partial charge in [-0.05, 0) is 48.9 Å². The molecule has 3 aromatic rings. The second-order valence-corrected chi connectivity index (χ2v) is 8.42. The Kier molecular flexibility index (Phi) is 7.99. The minimum atomic E-state index is -1.19. The van der Waals surface area contributed by atoms with Gasteiger partial charge in [0.1, 0.15) is 0 Å². The highest BCUT2D eigenvalue weighted by molar-refractivity contribution is 8.00. The molecule has 0 spiro atoms. The Labute approximate surface area is 199 Å². The summed E-state index contributed by atoms with van der Waals surface area (Å²) in [5.41, 5.74) is 0.791. The van der Waals surface area contributed by atoms with Gasteiger partial charge in [-0.2, -0.15) is 0 Å². The third-order valence-electron chi connectivity index (χ3n) is 4.78. The van der Waals surface area contributed by atoms with E-state index >= 15 is 0 Å². The molecule has 0 saturated heterocycles. The van der Waals surface area contributed by atoms with Crippen molar-refractivity contribution in [3.05, 3.63) is 94.0 Å².